The van der Waals surface area contributed by atoms with Gasteiger partial charge in [-0.1, -0.05) is 80.3 Å². The first-order valence-corrected chi connectivity index (χ1v) is 14.5. The Bertz CT molecular complexity index is 1850. The van der Waals surface area contributed by atoms with Crippen molar-refractivity contribution in [2.45, 2.75) is 53.4 Å². The molecule has 0 aliphatic rings. The Hall–Kier alpha value is -3.53. The van der Waals surface area contributed by atoms with Crippen LogP contribution in [0.15, 0.2) is 90.8 Å². The van der Waals surface area contributed by atoms with Crippen molar-refractivity contribution < 1.29 is 30.0 Å². The van der Waals surface area contributed by atoms with Gasteiger partial charge in [-0.25, -0.2) is 0 Å². The van der Waals surface area contributed by atoms with Crippen LogP contribution in [0.2, 0.25) is 0 Å². The Labute approximate surface area is 255 Å². The first-order chi connectivity index (χ1) is 19.5. The van der Waals surface area contributed by atoms with E-state index in [9.17, 15) is 9.90 Å². The van der Waals surface area contributed by atoms with Crippen LogP contribution >= 0.6 is 0 Å². The number of benzene rings is 3. The van der Waals surface area contributed by atoms with Crippen LogP contribution in [-0.4, -0.2) is 20.3 Å². The molecular weight excluding hydrogens is 685 g/mol. The monoisotopic (exact) mass is 722 g/mol. The maximum absolute atomic E-state index is 11.7. The first-order valence-electron chi connectivity index (χ1n) is 14.5. The number of aromatic nitrogens is 2. The second-order valence-corrected chi connectivity index (χ2v) is 10.4. The molecule has 6 rings (SSSR count). The largest absolute Gasteiger partial charge is 0.512 e. The topological polar surface area (TPSA) is 54.6 Å². The Morgan fingerprint density at radius 2 is 1.46 bits per heavy atom. The summed E-state index contributed by atoms with van der Waals surface area (Å²) in [6.07, 6.45) is 6.77. The fourth-order valence-electron chi connectivity index (χ4n) is 5.72. The first kappa shape index (κ1) is 30.4. The van der Waals surface area contributed by atoms with Gasteiger partial charge < -0.3 is 9.51 Å². The molecule has 41 heavy (non-hydrogen) atoms. The molecule has 1 N–H and O–H groups in total. The van der Waals surface area contributed by atoms with Gasteiger partial charge in [0.25, 0.3) is 0 Å². The zero-order valence-electron chi connectivity index (χ0n) is 24.1. The quantitative estimate of drug-likeness (QED) is 0.0588. The van der Waals surface area contributed by atoms with E-state index >= 15 is 0 Å². The average Bonchev–Trinajstić information content (AvgIpc) is 3.38. The molecule has 0 unspecified atom stereocenters. The molecule has 3 aromatic heterocycles. The van der Waals surface area contributed by atoms with Gasteiger partial charge in [0.05, 0.1) is 11.3 Å². The molecule has 0 aliphatic heterocycles. The SMILES string of the molecule is CCC(CC)C(=O)/C=C(\O)C(CC)CC.[Ir].[c-]1c2ccccc2cc2c1c1ncccc1n1c3ccccc3cc21. The van der Waals surface area contributed by atoms with Crippen molar-refractivity contribution in [1.29, 1.82) is 0 Å². The summed E-state index contributed by atoms with van der Waals surface area (Å²) in [4.78, 5) is 16.4. The van der Waals surface area contributed by atoms with Gasteiger partial charge in [-0.05, 0) is 55.3 Å². The minimum absolute atomic E-state index is 0. The van der Waals surface area contributed by atoms with Gasteiger partial charge in [0.1, 0.15) is 0 Å². The number of allylic oxidation sites excluding steroid dienone is 2. The second kappa shape index (κ2) is 13.4. The van der Waals surface area contributed by atoms with Crippen LogP contribution < -0.4 is 0 Å². The van der Waals surface area contributed by atoms with E-state index in [0.717, 1.165) is 47.5 Å². The van der Waals surface area contributed by atoms with E-state index in [4.69, 9.17) is 4.98 Å². The predicted molar refractivity (Wildman–Crippen MR) is 168 cm³/mol. The van der Waals surface area contributed by atoms with E-state index in [2.05, 4.69) is 77.2 Å². The average molecular weight is 722 g/mol. The number of hydrogen-bond donors (Lipinski definition) is 1. The van der Waals surface area contributed by atoms with Crippen molar-refractivity contribution in [1.82, 2.24) is 9.38 Å². The molecule has 213 valence electrons. The number of pyridine rings is 2. The van der Waals surface area contributed by atoms with Crippen molar-refractivity contribution in [3.63, 3.8) is 0 Å². The molecule has 3 heterocycles. The number of nitrogens with zero attached hydrogens (tertiary/aromatic N) is 2. The van der Waals surface area contributed by atoms with E-state index in [1.54, 1.807) is 0 Å². The Morgan fingerprint density at radius 3 is 2.17 bits per heavy atom. The molecule has 5 heteroatoms. The number of rotatable bonds is 7. The zero-order valence-corrected chi connectivity index (χ0v) is 26.5. The molecule has 0 amide bonds. The molecule has 3 aromatic carbocycles. The van der Waals surface area contributed by atoms with Crippen LogP contribution in [0.4, 0.5) is 0 Å². The summed E-state index contributed by atoms with van der Waals surface area (Å²) < 4.78 is 2.32. The Balaban J connectivity index is 0.000000212. The molecule has 6 aromatic rings. The minimum Gasteiger partial charge on any atom is -0.512 e. The molecule has 0 fully saturated rings. The minimum atomic E-state index is 0. The van der Waals surface area contributed by atoms with Crippen molar-refractivity contribution in [2.24, 2.45) is 11.8 Å². The van der Waals surface area contributed by atoms with E-state index in [-0.39, 0.29) is 43.5 Å². The third kappa shape index (κ3) is 5.93. The summed E-state index contributed by atoms with van der Waals surface area (Å²) in [5.41, 5.74) is 4.54. The second-order valence-electron chi connectivity index (χ2n) is 10.4. The van der Waals surface area contributed by atoms with Crippen LogP contribution in [0.1, 0.15) is 53.4 Å². The van der Waals surface area contributed by atoms with Gasteiger partial charge in [-0.2, -0.15) is 0 Å². The van der Waals surface area contributed by atoms with E-state index in [0.29, 0.717) is 0 Å². The normalized spacial score (nSPS) is 11.9. The van der Waals surface area contributed by atoms with Crippen LogP contribution in [0.3, 0.4) is 0 Å². The summed E-state index contributed by atoms with van der Waals surface area (Å²) in [5.74, 6) is 0.547. The number of hydrogen-bond acceptors (Lipinski definition) is 3. The third-order valence-corrected chi connectivity index (χ3v) is 8.12. The van der Waals surface area contributed by atoms with E-state index in [1.807, 2.05) is 40.0 Å². The van der Waals surface area contributed by atoms with Crippen LogP contribution in [-0.2, 0) is 24.9 Å². The number of para-hydroxylation sites is 1. The number of aliphatic hydroxyl groups is 1. The maximum Gasteiger partial charge on any atom is 0.162 e. The number of aliphatic hydroxyl groups excluding tert-OH is 1. The summed E-state index contributed by atoms with van der Waals surface area (Å²) >= 11 is 0. The van der Waals surface area contributed by atoms with Gasteiger partial charge in [0, 0.05) is 60.8 Å². The molecule has 4 nitrogen and oxygen atoms in total. The number of carbonyl (C=O) groups excluding carboxylic acids is 1. The number of ketones is 1. The Morgan fingerprint density at radius 1 is 0.829 bits per heavy atom. The predicted octanol–water partition coefficient (Wildman–Crippen LogP) is 9.61. The van der Waals surface area contributed by atoms with E-state index < -0.39 is 0 Å². The Kier molecular flexibility index (Phi) is 9.96. The van der Waals surface area contributed by atoms with Crippen LogP contribution in [0, 0.1) is 17.9 Å². The molecule has 1 radical (unpaired) electrons. The summed E-state index contributed by atoms with van der Waals surface area (Å²) in [5, 5.41) is 15.6. The molecule has 0 bridgehead atoms. The molecule has 0 atom stereocenters. The fourth-order valence-corrected chi connectivity index (χ4v) is 5.72. The molecular formula is C36H37IrN2O2-. The van der Waals surface area contributed by atoms with E-state index in [1.165, 1.54) is 33.3 Å². The van der Waals surface area contributed by atoms with Crippen LogP contribution in [0.25, 0.3) is 49.0 Å². The van der Waals surface area contributed by atoms with Crippen molar-refractivity contribution in [3.05, 3.63) is 96.9 Å². The zero-order chi connectivity index (χ0) is 28.2. The molecule has 0 saturated carbocycles. The summed E-state index contributed by atoms with van der Waals surface area (Å²) in [6.45, 7) is 8.07. The van der Waals surface area contributed by atoms with Crippen molar-refractivity contribution in [3.8, 4) is 0 Å². The van der Waals surface area contributed by atoms with Gasteiger partial charge in [0.15, 0.2) is 5.78 Å². The number of carbonyl (C=O) groups is 1. The smallest absolute Gasteiger partial charge is 0.162 e. The van der Waals surface area contributed by atoms with Gasteiger partial charge in [0.2, 0.25) is 0 Å². The van der Waals surface area contributed by atoms with Crippen LogP contribution in [0.5, 0.6) is 0 Å². The van der Waals surface area contributed by atoms with Gasteiger partial charge >= 0.3 is 0 Å². The van der Waals surface area contributed by atoms with Gasteiger partial charge in [-0.3, -0.25) is 9.78 Å². The van der Waals surface area contributed by atoms with Crippen molar-refractivity contribution in [2.75, 3.05) is 0 Å². The fraction of sp³-hybridized carbons (Fsp3) is 0.278. The van der Waals surface area contributed by atoms with Crippen molar-refractivity contribution >= 4 is 54.8 Å². The standard InChI is InChI=1S/C23H13N2.C13H24O2.Ir/c1-2-7-16-13-19-18(12-15(16)6-1)22-14-17-8-3-4-9-20(17)25(22)21-10-5-11-24-23(19)21;1-5-10(6-2)12(14)9-13(15)11(7-3)8-4;/h1-12,14H;9-11,14H,5-8H2,1-4H3;/q-1;;/b;12-9-;. The summed E-state index contributed by atoms with van der Waals surface area (Å²) in [6, 6.07) is 29.2. The van der Waals surface area contributed by atoms with Gasteiger partial charge in [-0.15, -0.1) is 23.6 Å². The number of fused-ring (bicyclic) bond motifs is 9. The molecule has 0 spiro atoms. The third-order valence-electron chi connectivity index (χ3n) is 8.12. The summed E-state index contributed by atoms with van der Waals surface area (Å²) in [7, 11) is 0. The molecule has 0 aliphatic carbocycles. The maximum atomic E-state index is 11.7. The molecule has 0 saturated heterocycles.